The topological polar surface area (TPSA) is 25.2 Å². The molecule has 0 saturated carbocycles. The second-order valence-electron chi connectivity index (χ2n) is 3.81. The molecule has 0 spiro atoms. The fourth-order valence-corrected chi connectivity index (χ4v) is 2.69. The van der Waals surface area contributed by atoms with Crippen molar-refractivity contribution in [2.24, 2.45) is 0 Å². The Labute approximate surface area is 118 Å². The maximum Gasteiger partial charge on any atom is 0.139 e. The predicted octanol–water partition coefficient (Wildman–Crippen LogP) is 4.42. The lowest BCUT2D eigenvalue weighted by molar-refractivity contribution is 0.460. The third kappa shape index (κ3) is 2.49. The zero-order chi connectivity index (χ0) is 12.4. The van der Waals surface area contributed by atoms with Gasteiger partial charge in [-0.15, -0.1) is 0 Å². The zero-order valence-electron chi connectivity index (χ0n) is 9.63. The van der Waals surface area contributed by atoms with Crippen molar-refractivity contribution in [1.82, 2.24) is 5.32 Å². The monoisotopic (exact) mass is 357 g/mol. The first-order valence-corrected chi connectivity index (χ1v) is 6.89. The van der Waals surface area contributed by atoms with Gasteiger partial charge in [0, 0.05) is 4.47 Å². The second-order valence-corrected chi connectivity index (χ2v) is 5.52. The number of nitrogens with one attached hydrogen (secondary N) is 1. The summed E-state index contributed by atoms with van der Waals surface area (Å²) in [6, 6.07) is 8.15. The molecule has 17 heavy (non-hydrogen) atoms. The fourth-order valence-electron chi connectivity index (χ4n) is 1.88. The highest BCUT2D eigenvalue weighted by atomic mass is 79.9. The molecular formula is C13H13Br2NO. The highest BCUT2D eigenvalue weighted by Gasteiger charge is 2.20. The Balaban J connectivity index is 2.50. The van der Waals surface area contributed by atoms with Crippen molar-refractivity contribution in [3.8, 4) is 0 Å². The Morgan fingerprint density at radius 2 is 1.94 bits per heavy atom. The molecule has 1 aromatic carbocycles. The number of hydrogen-bond acceptors (Lipinski definition) is 2. The Hall–Kier alpha value is -0.580. The van der Waals surface area contributed by atoms with E-state index in [1.807, 2.05) is 25.2 Å². The molecule has 2 rings (SSSR count). The van der Waals surface area contributed by atoms with E-state index in [2.05, 4.69) is 50.2 Å². The van der Waals surface area contributed by atoms with Crippen LogP contribution in [0.25, 0.3) is 0 Å². The van der Waals surface area contributed by atoms with Gasteiger partial charge in [-0.05, 0) is 53.2 Å². The van der Waals surface area contributed by atoms with Crippen LogP contribution in [0, 0.1) is 6.92 Å². The highest BCUT2D eigenvalue weighted by molar-refractivity contribution is 9.10. The Morgan fingerprint density at radius 1 is 1.18 bits per heavy atom. The van der Waals surface area contributed by atoms with E-state index in [1.165, 1.54) is 11.1 Å². The first-order chi connectivity index (χ1) is 8.15. The van der Waals surface area contributed by atoms with Gasteiger partial charge < -0.3 is 9.73 Å². The van der Waals surface area contributed by atoms with E-state index in [0.29, 0.717) is 0 Å². The van der Waals surface area contributed by atoms with Crippen LogP contribution in [0.15, 0.2) is 43.9 Å². The van der Waals surface area contributed by atoms with Crippen LogP contribution in [0.2, 0.25) is 0 Å². The van der Waals surface area contributed by atoms with Gasteiger partial charge >= 0.3 is 0 Å². The van der Waals surface area contributed by atoms with E-state index in [1.54, 1.807) is 6.26 Å². The second kappa shape index (κ2) is 5.38. The number of furan rings is 1. The highest BCUT2D eigenvalue weighted by Crippen LogP contribution is 2.32. The van der Waals surface area contributed by atoms with Crippen molar-refractivity contribution in [2.75, 3.05) is 7.05 Å². The van der Waals surface area contributed by atoms with Crippen LogP contribution < -0.4 is 5.32 Å². The molecule has 90 valence electrons. The third-order valence-electron chi connectivity index (χ3n) is 2.82. The molecular weight excluding hydrogens is 346 g/mol. The number of hydrogen-bond donors (Lipinski definition) is 1. The molecule has 1 unspecified atom stereocenters. The summed E-state index contributed by atoms with van der Waals surface area (Å²) in [6.45, 7) is 2.10. The molecule has 0 amide bonds. The maximum absolute atomic E-state index is 5.54. The van der Waals surface area contributed by atoms with Crippen molar-refractivity contribution in [3.63, 3.8) is 0 Å². The first kappa shape index (κ1) is 12.9. The molecule has 0 radical (unpaired) electrons. The van der Waals surface area contributed by atoms with Crippen molar-refractivity contribution in [2.45, 2.75) is 13.0 Å². The minimum absolute atomic E-state index is 0.0527. The smallest absolute Gasteiger partial charge is 0.139 e. The van der Waals surface area contributed by atoms with Crippen molar-refractivity contribution < 1.29 is 4.42 Å². The van der Waals surface area contributed by atoms with Crippen LogP contribution >= 0.6 is 31.9 Å². The standard InChI is InChI=1S/C13H13Br2NO/c1-8-9(4-3-5-10(8)14)12(16-2)13-11(15)6-7-17-13/h3-7,12,16H,1-2H3. The average Bonchev–Trinajstić information content (AvgIpc) is 2.72. The normalized spacial score (nSPS) is 12.7. The average molecular weight is 359 g/mol. The molecule has 0 saturated heterocycles. The third-order valence-corrected chi connectivity index (χ3v) is 4.33. The van der Waals surface area contributed by atoms with E-state index in [-0.39, 0.29) is 6.04 Å². The number of rotatable bonds is 3. The van der Waals surface area contributed by atoms with Gasteiger partial charge in [0.05, 0.1) is 16.8 Å². The molecule has 0 bridgehead atoms. The van der Waals surface area contributed by atoms with E-state index in [4.69, 9.17) is 4.42 Å². The predicted molar refractivity (Wildman–Crippen MR) is 76.2 cm³/mol. The van der Waals surface area contributed by atoms with Crippen LogP contribution in [0.3, 0.4) is 0 Å². The van der Waals surface area contributed by atoms with E-state index in [0.717, 1.165) is 14.7 Å². The minimum Gasteiger partial charge on any atom is -0.466 e. The zero-order valence-corrected chi connectivity index (χ0v) is 12.8. The molecule has 1 aromatic heterocycles. The van der Waals surface area contributed by atoms with Crippen molar-refractivity contribution in [1.29, 1.82) is 0 Å². The summed E-state index contributed by atoms with van der Waals surface area (Å²) in [5.74, 6) is 0.897. The lowest BCUT2D eigenvalue weighted by Gasteiger charge is -2.18. The van der Waals surface area contributed by atoms with Crippen molar-refractivity contribution >= 4 is 31.9 Å². The van der Waals surface area contributed by atoms with Crippen LogP contribution in [-0.4, -0.2) is 7.05 Å². The molecule has 0 aliphatic heterocycles. The summed E-state index contributed by atoms with van der Waals surface area (Å²) < 4.78 is 7.63. The van der Waals surface area contributed by atoms with Crippen molar-refractivity contribution in [3.05, 3.63) is 56.4 Å². The van der Waals surface area contributed by atoms with E-state index < -0.39 is 0 Å². The maximum atomic E-state index is 5.54. The summed E-state index contributed by atoms with van der Waals surface area (Å²) in [4.78, 5) is 0. The van der Waals surface area contributed by atoms with Gasteiger partial charge in [-0.25, -0.2) is 0 Å². The molecule has 1 heterocycles. The first-order valence-electron chi connectivity index (χ1n) is 5.30. The summed E-state index contributed by atoms with van der Waals surface area (Å²) in [7, 11) is 1.93. The molecule has 0 aliphatic rings. The SMILES string of the molecule is CNC(c1cccc(Br)c1C)c1occc1Br. The van der Waals surface area contributed by atoms with E-state index in [9.17, 15) is 0 Å². The van der Waals surface area contributed by atoms with E-state index >= 15 is 0 Å². The minimum atomic E-state index is 0.0527. The van der Waals surface area contributed by atoms with Gasteiger partial charge in [-0.3, -0.25) is 0 Å². The molecule has 1 N–H and O–H groups in total. The lowest BCUT2D eigenvalue weighted by Crippen LogP contribution is -2.18. The van der Waals surface area contributed by atoms with Crippen LogP contribution in [-0.2, 0) is 0 Å². The fraction of sp³-hybridized carbons (Fsp3) is 0.231. The Bertz CT molecular complexity index is 522. The molecule has 1 atom stereocenters. The summed E-state index contributed by atoms with van der Waals surface area (Å²) >= 11 is 7.06. The quantitative estimate of drug-likeness (QED) is 0.878. The summed E-state index contributed by atoms with van der Waals surface area (Å²) in [5, 5.41) is 3.29. The Morgan fingerprint density at radius 3 is 2.53 bits per heavy atom. The van der Waals surface area contributed by atoms with Gasteiger partial charge in [-0.2, -0.15) is 0 Å². The summed E-state index contributed by atoms with van der Waals surface area (Å²) in [6.07, 6.45) is 1.69. The molecule has 2 aromatic rings. The van der Waals surface area contributed by atoms with Gasteiger partial charge in [0.1, 0.15) is 5.76 Å². The van der Waals surface area contributed by atoms with Crippen LogP contribution in [0.5, 0.6) is 0 Å². The van der Waals surface area contributed by atoms with Gasteiger partial charge in [-0.1, -0.05) is 28.1 Å². The largest absolute Gasteiger partial charge is 0.466 e. The molecule has 0 aliphatic carbocycles. The molecule has 2 nitrogen and oxygen atoms in total. The molecule has 0 fully saturated rings. The number of benzene rings is 1. The van der Waals surface area contributed by atoms with Gasteiger partial charge in [0.25, 0.3) is 0 Å². The van der Waals surface area contributed by atoms with Gasteiger partial charge in [0.15, 0.2) is 0 Å². The lowest BCUT2D eigenvalue weighted by atomic mass is 9.99. The number of halogens is 2. The Kier molecular flexibility index (Phi) is 4.07. The molecule has 4 heteroatoms. The van der Waals surface area contributed by atoms with Crippen LogP contribution in [0.1, 0.15) is 22.9 Å². The summed E-state index contributed by atoms with van der Waals surface area (Å²) in [5.41, 5.74) is 2.42. The van der Waals surface area contributed by atoms with Crippen LogP contribution in [0.4, 0.5) is 0 Å². The van der Waals surface area contributed by atoms with Gasteiger partial charge in [0.2, 0.25) is 0 Å².